The zero-order chi connectivity index (χ0) is 10.2. The Morgan fingerprint density at radius 2 is 2.21 bits per heavy atom. The van der Waals surface area contributed by atoms with Crippen LogP contribution >= 0.6 is 0 Å². The topological polar surface area (TPSA) is 61.8 Å². The Kier molecular flexibility index (Phi) is 5.56. The Balaban J connectivity index is 2.15. The molecule has 0 unspecified atom stereocenters. The molecule has 0 saturated heterocycles. The van der Waals surface area contributed by atoms with E-state index in [1.165, 1.54) is 5.84 Å². The third kappa shape index (κ3) is 3.64. The van der Waals surface area contributed by atoms with Crippen molar-refractivity contribution in [3.8, 4) is 0 Å². The first-order valence-electron chi connectivity index (χ1n) is 5.47. The van der Waals surface area contributed by atoms with Crippen LogP contribution in [-0.4, -0.2) is 48.6 Å². The van der Waals surface area contributed by atoms with Crippen LogP contribution in [0.15, 0.2) is 4.99 Å². The fraction of sp³-hybridized carbons (Fsp3) is 0.900. The van der Waals surface area contributed by atoms with Crippen molar-refractivity contribution in [1.82, 2.24) is 4.90 Å². The highest BCUT2D eigenvalue weighted by molar-refractivity contribution is 5.83. The molecule has 82 valence electrons. The quantitative estimate of drug-likeness (QED) is 0.576. The molecule has 1 heterocycles. The van der Waals surface area contributed by atoms with Gasteiger partial charge in [-0.3, -0.25) is 4.99 Å². The fourth-order valence-corrected chi connectivity index (χ4v) is 1.73. The Hall–Kier alpha value is -0.610. The van der Waals surface area contributed by atoms with Gasteiger partial charge >= 0.3 is 0 Å². The van der Waals surface area contributed by atoms with E-state index in [1.807, 2.05) is 0 Å². The molecule has 14 heavy (non-hydrogen) atoms. The Morgan fingerprint density at radius 3 is 2.93 bits per heavy atom. The van der Waals surface area contributed by atoms with Crippen LogP contribution in [0.3, 0.4) is 0 Å². The highest BCUT2D eigenvalue weighted by atomic mass is 16.2. The third-order valence-corrected chi connectivity index (χ3v) is 2.49. The molecule has 0 aromatic rings. The van der Waals surface area contributed by atoms with E-state index < -0.39 is 0 Å². The van der Waals surface area contributed by atoms with Gasteiger partial charge in [-0.2, -0.15) is 0 Å². The molecular weight excluding hydrogens is 178 g/mol. The molecular formula is C10H21N3O. The predicted molar refractivity (Wildman–Crippen MR) is 58.5 cm³/mol. The second-order valence-corrected chi connectivity index (χ2v) is 3.61. The number of amidine groups is 1. The maximum absolute atomic E-state index is 8.64. The smallest absolute Gasteiger partial charge is 0.0990 e. The van der Waals surface area contributed by atoms with Gasteiger partial charge in [0.2, 0.25) is 0 Å². The van der Waals surface area contributed by atoms with Crippen LogP contribution in [-0.2, 0) is 0 Å². The zero-order valence-corrected chi connectivity index (χ0v) is 8.78. The first-order chi connectivity index (χ1) is 6.88. The summed E-state index contributed by atoms with van der Waals surface area (Å²) >= 11 is 0. The molecule has 1 aliphatic rings. The van der Waals surface area contributed by atoms with Crippen molar-refractivity contribution in [2.24, 2.45) is 10.7 Å². The van der Waals surface area contributed by atoms with Gasteiger partial charge in [-0.15, -0.1) is 0 Å². The van der Waals surface area contributed by atoms with Crippen LogP contribution in [0.2, 0.25) is 0 Å². The molecule has 0 bridgehead atoms. The highest BCUT2D eigenvalue weighted by Gasteiger charge is 2.14. The zero-order valence-electron chi connectivity index (χ0n) is 8.78. The number of nitrogens with zero attached hydrogens (tertiary/aromatic N) is 2. The summed E-state index contributed by atoms with van der Waals surface area (Å²) in [6.45, 7) is 3.90. The van der Waals surface area contributed by atoms with E-state index in [2.05, 4.69) is 9.89 Å². The highest BCUT2D eigenvalue weighted by Crippen LogP contribution is 2.08. The van der Waals surface area contributed by atoms with Crippen LogP contribution in [0.25, 0.3) is 0 Å². The minimum atomic E-state index is 0.305. The van der Waals surface area contributed by atoms with Gasteiger partial charge < -0.3 is 15.7 Å². The summed E-state index contributed by atoms with van der Waals surface area (Å²) < 4.78 is 0. The van der Waals surface area contributed by atoms with E-state index in [-0.39, 0.29) is 0 Å². The third-order valence-electron chi connectivity index (χ3n) is 2.49. The first kappa shape index (κ1) is 11.5. The number of hydrogen-bond acceptors (Lipinski definition) is 4. The molecule has 0 atom stereocenters. The molecule has 1 rings (SSSR count). The number of aliphatic imine (C=N–C) groups is 1. The standard InChI is InChI=1S/C10H21N3O/c11-5-7-13-8-6-12-10(13)4-2-1-3-9-14/h14H,1-9,11H2. The lowest BCUT2D eigenvalue weighted by Gasteiger charge is -2.19. The minimum Gasteiger partial charge on any atom is -0.396 e. The summed E-state index contributed by atoms with van der Waals surface area (Å²) in [6.07, 6.45) is 4.16. The summed E-state index contributed by atoms with van der Waals surface area (Å²) in [5, 5.41) is 8.64. The Morgan fingerprint density at radius 1 is 1.36 bits per heavy atom. The first-order valence-corrected chi connectivity index (χ1v) is 5.47. The summed E-state index contributed by atoms with van der Waals surface area (Å²) in [6, 6.07) is 0. The van der Waals surface area contributed by atoms with E-state index in [0.717, 1.165) is 45.3 Å². The summed E-state index contributed by atoms with van der Waals surface area (Å²) in [5.74, 6) is 1.22. The summed E-state index contributed by atoms with van der Waals surface area (Å²) in [4.78, 5) is 6.73. The van der Waals surface area contributed by atoms with Gasteiger partial charge in [0.1, 0.15) is 0 Å². The van der Waals surface area contributed by atoms with Gasteiger partial charge in [0.15, 0.2) is 0 Å². The predicted octanol–water partition coefficient (Wildman–Crippen LogP) is 0.212. The Bertz CT molecular complexity index is 182. The van der Waals surface area contributed by atoms with E-state index in [9.17, 15) is 0 Å². The number of aliphatic hydroxyl groups is 1. The fourth-order valence-electron chi connectivity index (χ4n) is 1.73. The maximum Gasteiger partial charge on any atom is 0.0990 e. The molecule has 0 aliphatic carbocycles. The minimum absolute atomic E-state index is 0.305. The molecule has 0 radical (unpaired) electrons. The number of rotatable bonds is 7. The molecule has 0 spiro atoms. The summed E-state index contributed by atoms with van der Waals surface area (Å²) in [5.41, 5.74) is 5.52. The van der Waals surface area contributed by atoms with E-state index in [1.54, 1.807) is 0 Å². The lowest BCUT2D eigenvalue weighted by atomic mass is 10.2. The van der Waals surface area contributed by atoms with Gasteiger partial charge in [0, 0.05) is 32.7 Å². The van der Waals surface area contributed by atoms with Crippen molar-refractivity contribution < 1.29 is 5.11 Å². The van der Waals surface area contributed by atoms with E-state index in [0.29, 0.717) is 13.2 Å². The lowest BCUT2D eigenvalue weighted by molar-refractivity contribution is 0.283. The second-order valence-electron chi connectivity index (χ2n) is 3.61. The number of hydrogen-bond donors (Lipinski definition) is 2. The van der Waals surface area contributed by atoms with Crippen LogP contribution in [0.5, 0.6) is 0 Å². The summed E-state index contributed by atoms with van der Waals surface area (Å²) in [7, 11) is 0. The Labute approximate surface area is 85.8 Å². The monoisotopic (exact) mass is 199 g/mol. The molecule has 4 heteroatoms. The van der Waals surface area contributed by atoms with Crippen LogP contribution in [0, 0.1) is 0 Å². The van der Waals surface area contributed by atoms with Crippen molar-refractivity contribution in [3.63, 3.8) is 0 Å². The lowest BCUT2D eigenvalue weighted by Crippen LogP contribution is -2.32. The van der Waals surface area contributed by atoms with Gasteiger partial charge in [-0.05, 0) is 12.8 Å². The normalized spacial score (nSPS) is 16.1. The van der Waals surface area contributed by atoms with Crippen LogP contribution < -0.4 is 5.73 Å². The van der Waals surface area contributed by atoms with Gasteiger partial charge in [0.05, 0.1) is 12.4 Å². The maximum atomic E-state index is 8.64. The number of unbranched alkanes of at least 4 members (excludes halogenated alkanes) is 2. The molecule has 0 aromatic heterocycles. The van der Waals surface area contributed by atoms with Gasteiger partial charge in [0.25, 0.3) is 0 Å². The molecule has 0 fully saturated rings. The number of nitrogens with two attached hydrogens (primary N) is 1. The van der Waals surface area contributed by atoms with Crippen molar-refractivity contribution in [2.45, 2.75) is 25.7 Å². The van der Waals surface area contributed by atoms with Crippen molar-refractivity contribution in [3.05, 3.63) is 0 Å². The molecule has 0 aromatic carbocycles. The SMILES string of the molecule is NCCN1CCN=C1CCCCCO. The number of aliphatic hydroxyl groups excluding tert-OH is 1. The van der Waals surface area contributed by atoms with E-state index in [4.69, 9.17) is 10.8 Å². The molecule has 1 aliphatic heterocycles. The molecule has 0 saturated carbocycles. The average Bonchev–Trinajstić information content (AvgIpc) is 2.61. The molecule has 0 amide bonds. The molecule has 4 nitrogen and oxygen atoms in total. The average molecular weight is 199 g/mol. The second kappa shape index (κ2) is 6.79. The van der Waals surface area contributed by atoms with Gasteiger partial charge in [-0.1, -0.05) is 6.42 Å². The van der Waals surface area contributed by atoms with Crippen molar-refractivity contribution >= 4 is 5.84 Å². The van der Waals surface area contributed by atoms with E-state index >= 15 is 0 Å². The van der Waals surface area contributed by atoms with Crippen LogP contribution in [0.4, 0.5) is 0 Å². The van der Waals surface area contributed by atoms with Crippen molar-refractivity contribution in [1.29, 1.82) is 0 Å². The largest absolute Gasteiger partial charge is 0.396 e. The van der Waals surface area contributed by atoms with Crippen LogP contribution in [0.1, 0.15) is 25.7 Å². The van der Waals surface area contributed by atoms with Gasteiger partial charge in [-0.25, -0.2) is 0 Å². The van der Waals surface area contributed by atoms with Crippen molar-refractivity contribution in [2.75, 3.05) is 32.8 Å². The molecule has 3 N–H and O–H groups in total.